The average Bonchev–Trinajstić information content (AvgIpc) is 2.46. The highest BCUT2D eigenvalue weighted by Gasteiger charge is 2.10. The van der Waals surface area contributed by atoms with E-state index in [0.717, 1.165) is 12.8 Å². The third-order valence-corrected chi connectivity index (χ3v) is 3.96. The number of hydrogen-bond donors (Lipinski definition) is 0. The first kappa shape index (κ1) is 9.90. The summed E-state index contributed by atoms with van der Waals surface area (Å²) >= 11 is 0. The van der Waals surface area contributed by atoms with Crippen LogP contribution in [0.4, 0.5) is 0 Å². The van der Waals surface area contributed by atoms with Gasteiger partial charge in [-0.15, -0.1) is 0 Å². The van der Waals surface area contributed by atoms with Gasteiger partial charge in [-0.25, -0.2) is 0 Å². The molecule has 0 saturated carbocycles. The Kier molecular flexibility index (Phi) is 2.04. The van der Waals surface area contributed by atoms with E-state index in [2.05, 4.69) is 60.7 Å². The molecule has 3 aromatic rings. The van der Waals surface area contributed by atoms with E-state index in [4.69, 9.17) is 0 Å². The first-order valence-electron chi connectivity index (χ1n) is 6.51. The van der Waals surface area contributed by atoms with Gasteiger partial charge in [-0.1, -0.05) is 60.7 Å². The van der Waals surface area contributed by atoms with E-state index < -0.39 is 0 Å². The Hall–Kier alpha value is -2.08. The molecule has 0 aliphatic heterocycles. The number of fused-ring (bicyclic) bond motifs is 5. The van der Waals surface area contributed by atoms with E-state index in [1.807, 2.05) is 0 Å². The molecule has 0 heteroatoms. The van der Waals surface area contributed by atoms with Gasteiger partial charge in [-0.3, -0.25) is 0 Å². The quantitative estimate of drug-likeness (QED) is 0.389. The van der Waals surface area contributed by atoms with Gasteiger partial charge < -0.3 is 0 Å². The summed E-state index contributed by atoms with van der Waals surface area (Å²) < 4.78 is 0. The van der Waals surface area contributed by atoms with Crippen LogP contribution in [0.2, 0.25) is 0 Å². The van der Waals surface area contributed by atoms with Crippen LogP contribution in [0.5, 0.6) is 0 Å². The predicted octanol–water partition coefficient (Wildman–Crippen LogP) is 4.65. The molecule has 0 N–H and O–H groups in total. The van der Waals surface area contributed by atoms with Gasteiger partial charge in [0, 0.05) is 0 Å². The van der Waals surface area contributed by atoms with Gasteiger partial charge >= 0.3 is 0 Å². The molecule has 0 radical (unpaired) electrons. The molecule has 0 saturated heterocycles. The van der Waals surface area contributed by atoms with Crippen LogP contribution in [0.3, 0.4) is 0 Å². The maximum atomic E-state index is 2.30. The number of hydrogen-bond acceptors (Lipinski definition) is 0. The molecule has 0 bridgehead atoms. The number of benzene rings is 3. The second-order valence-corrected chi connectivity index (χ2v) is 4.96. The molecule has 0 unspecified atom stereocenters. The van der Waals surface area contributed by atoms with E-state index in [-0.39, 0.29) is 0 Å². The summed E-state index contributed by atoms with van der Waals surface area (Å²) in [5, 5.41) is 5.52. The van der Waals surface area contributed by atoms with Gasteiger partial charge in [-0.2, -0.15) is 0 Å². The van der Waals surface area contributed by atoms with E-state index in [9.17, 15) is 0 Å². The number of allylic oxidation sites excluding steroid dienone is 2. The lowest BCUT2D eigenvalue weighted by Crippen LogP contribution is -1.98. The van der Waals surface area contributed by atoms with Crippen LogP contribution < -0.4 is 0 Å². The summed E-state index contributed by atoms with van der Waals surface area (Å²) in [6.07, 6.45) is 6.72. The van der Waals surface area contributed by atoms with Crippen LogP contribution >= 0.6 is 0 Å². The predicted molar refractivity (Wildman–Crippen MR) is 78.0 cm³/mol. The highest BCUT2D eigenvalue weighted by atomic mass is 14.1. The Balaban J connectivity index is 2.17. The Labute approximate surface area is 107 Å². The SMILES string of the molecule is C1=CCc2c(ccc3c2ccc2ccccc23)C1. The molecule has 0 aromatic heterocycles. The topological polar surface area (TPSA) is 0 Å². The van der Waals surface area contributed by atoms with E-state index in [1.54, 1.807) is 0 Å². The summed E-state index contributed by atoms with van der Waals surface area (Å²) in [6, 6.07) is 17.8. The van der Waals surface area contributed by atoms with Gasteiger partial charge in [0.05, 0.1) is 0 Å². The Bertz CT molecular complexity index is 778. The monoisotopic (exact) mass is 230 g/mol. The first-order chi connectivity index (χ1) is 8.93. The fourth-order valence-electron chi connectivity index (χ4n) is 3.04. The van der Waals surface area contributed by atoms with Crippen molar-refractivity contribution in [2.45, 2.75) is 12.8 Å². The minimum atomic E-state index is 1.07. The molecule has 1 aliphatic rings. The van der Waals surface area contributed by atoms with Crippen molar-refractivity contribution in [3.63, 3.8) is 0 Å². The van der Waals surface area contributed by atoms with E-state index in [1.165, 1.54) is 32.7 Å². The van der Waals surface area contributed by atoms with Crippen molar-refractivity contribution in [1.29, 1.82) is 0 Å². The summed E-state index contributed by atoms with van der Waals surface area (Å²) in [7, 11) is 0. The second-order valence-electron chi connectivity index (χ2n) is 4.96. The van der Waals surface area contributed by atoms with Crippen LogP contribution in [-0.4, -0.2) is 0 Å². The average molecular weight is 230 g/mol. The third-order valence-electron chi connectivity index (χ3n) is 3.96. The number of rotatable bonds is 0. The van der Waals surface area contributed by atoms with Crippen molar-refractivity contribution in [3.05, 3.63) is 71.8 Å². The largest absolute Gasteiger partial charge is 0.0838 e. The fourth-order valence-corrected chi connectivity index (χ4v) is 3.04. The standard InChI is InChI=1S/C18H14/c1-3-7-15-13(5-1)9-11-18-16-8-4-2-6-14(16)10-12-17(15)18/h1-5,7,9-12H,6,8H2. The molecule has 3 aromatic carbocycles. The van der Waals surface area contributed by atoms with Gasteiger partial charge in [0.15, 0.2) is 0 Å². The summed E-state index contributed by atoms with van der Waals surface area (Å²) in [4.78, 5) is 0. The van der Waals surface area contributed by atoms with Crippen molar-refractivity contribution in [1.82, 2.24) is 0 Å². The Morgan fingerprint density at radius 2 is 1.44 bits per heavy atom. The molecular weight excluding hydrogens is 216 g/mol. The van der Waals surface area contributed by atoms with Gasteiger partial charge in [0.1, 0.15) is 0 Å². The zero-order valence-electron chi connectivity index (χ0n) is 10.2. The third kappa shape index (κ3) is 1.32. The Morgan fingerprint density at radius 1 is 0.611 bits per heavy atom. The minimum absolute atomic E-state index is 1.07. The highest BCUT2D eigenvalue weighted by Crippen LogP contribution is 2.31. The van der Waals surface area contributed by atoms with Crippen molar-refractivity contribution in [2.24, 2.45) is 0 Å². The van der Waals surface area contributed by atoms with Crippen LogP contribution in [-0.2, 0) is 12.8 Å². The smallest absolute Gasteiger partial charge is 0.00883 e. The molecular formula is C18H14. The molecule has 1 aliphatic carbocycles. The van der Waals surface area contributed by atoms with Crippen molar-refractivity contribution in [2.75, 3.05) is 0 Å². The summed E-state index contributed by atoms with van der Waals surface area (Å²) in [5.74, 6) is 0. The lowest BCUT2D eigenvalue weighted by Gasteiger charge is -2.15. The van der Waals surface area contributed by atoms with Gasteiger partial charge in [0.2, 0.25) is 0 Å². The molecule has 0 nitrogen and oxygen atoms in total. The van der Waals surface area contributed by atoms with E-state index >= 15 is 0 Å². The maximum absolute atomic E-state index is 2.30. The molecule has 0 heterocycles. The summed E-state index contributed by atoms with van der Waals surface area (Å²) in [6.45, 7) is 0. The fraction of sp³-hybridized carbons (Fsp3) is 0.111. The molecule has 0 atom stereocenters. The van der Waals surface area contributed by atoms with Crippen molar-refractivity contribution >= 4 is 21.5 Å². The van der Waals surface area contributed by atoms with Crippen molar-refractivity contribution in [3.8, 4) is 0 Å². The molecule has 4 rings (SSSR count). The zero-order valence-corrected chi connectivity index (χ0v) is 10.2. The van der Waals surface area contributed by atoms with Gasteiger partial charge in [0.25, 0.3) is 0 Å². The summed E-state index contributed by atoms with van der Waals surface area (Å²) in [5.41, 5.74) is 3.00. The van der Waals surface area contributed by atoms with Crippen LogP contribution in [0.1, 0.15) is 11.1 Å². The molecule has 18 heavy (non-hydrogen) atoms. The normalized spacial score (nSPS) is 14.0. The second kappa shape index (κ2) is 3.71. The zero-order chi connectivity index (χ0) is 11.9. The Morgan fingerprint density at radius 3 is 2.44 bits per heavy atom. The maximum Gasteiger partial charge on any atom is -0.00883 e. The molecule has 0 spiro atoms. The van der Waals surface area contributed by atoms with Gasteiger partial charge in [-0.05, 0) is 45.5 Å². The lowest BCUT2D eigenvalue weighted by molar-refractivity contribution is 1.11. The van der Waals surface area contributed by atoms with Crippen LogP contribution in [0, 0.1) is 0 Å². The lowest BCUT2D eigenvalue weighted by atomic mass is 9.89. The highest BCUT2D eigenvalue weighted by molar-refractivity contribution is 6.08. The molecule has 0 amide bonds. The molecule has 0 fully saturated rings. The van der Waals surface area contributed by atoms with Crippen LogP contribution in [0.25, 0.3) is 21.5 Å². The van der Waals surface area contributed by atoms with Crippen LogP contribution in [0.15, 0.2) is 60.7 Å². The minimum Gasteiger partial charge on any atom is -0.0838 e. The molecule has 86 valence electrons. The van der Waals surface area contributed by atoms with E-state index in [0.29, 0.717) is 0 Å². The van der Waals surface area contributed by atoms with Crippen molar-refractivity contribution < 1.29 is 0 Å². The first-order valence-corrected chi connectivity index (χ1v) is 6.51.